The first-order valence-corrected chi connectivity index (χ1v) is 6.93. The fourth-order valence-electron chi connectivity index (χ4n) is 1.90. The third-order valence-corrected chi connectivity index (χ3v) is 4.55. The predicted molar refractivity (Wildman–Crippen MR) is 68.0 cm³/mol. The SMILES string of the molecule is O=S(=O)(c1ccccc1)N1COc2ccccc21. The van der Waals surface area contributed by atoms with Crippen molar-refractivity contribution in [1.29, 1.82) is 0 Å². The third kappa shape index (κ3) is 1.64. The number of ether oxygens (including phenoxy) is 1. The molecule has 2 aromatic rings. The van der Waals surface area contributed by atoms with E-state index in [1.54, 1.807) is 48.5 Å². The summed E-state index contributed by atoms with van der Waals surface area (Å²) in [6.07, 6.45) is 0. The summed E-state index contributed by atoms with van der Waals surface area (Å²) in [6, 6.07) is 15.5. The highest BCUT2D eigenvalue weighted by molar-refractivity contribution is 7.92. The summed E-state index contributed by atoms with van der Waals surface area (Å²) in [4.78, 5) is 0.269. The Labute approximate surface area is 105 Å². The fourth-order valence-corrected chi connectivity index (χ4v) is 3.26. The highest BCUT2D eigenvalue weighted by atomic mass is 32.2. The number of sulfonamides is 1. The van der Waals surface area contributed by atoms with Crippen LogP contribution in [0.15, 0.2) is 59.5 Å². The van der Waals surface area contributed by atoms with Gasteiger partial charge in [-0.1, -0.05) is 30.3 Å². The maximum atomic E-state index is 12.4. The molecular formula is C13H11NO3S. The molecule has 0 saturated heterocycles. The molecule has 0 bridgehead atoms. The summed E-state index contributed by atoms with van der Waals surface area (Å²) in [5, 5.41) is 0. The van der Waals surface area contributed by atoms with Crippen LogP contribution < -0.4 is 9.04 Å². The number of hydrogen-bond donors (Lipinski definition) is 0. The molecule has 4 nitrogen and oxygen atoms in total. The minimum absolute atomic E-state index is 0.0244. The molecule has 0 aliphatic carbocycles. The molecule has 0 spiro atoms. The molecule has 0 atom stereocenters. The van der Waals surface area contributed by atoms with Gasteiger partial charge in [0.1, 0.15) is 5.75 Å². The van der Waals surface area contributed by atoms with Gasteiger partial charge < -0.3 is 4.74 Å². The van der Waals surface area contributed by atoms with E-state index in [-0.39, 0.29) is 11.6 Å². The van der Waals surface area contributed by atoms with Gasteiger partial charge in [0.15, 0.2) is 6.73 Å². The summed E-state index contributed by atoms with van der Waals surface area (Å²) in [5.41, 5.74) is 0.585. The van der Waals surface area contributed by atoms with Crippen molar-refractivity contribution in [3.63, 3.8) is 0 Å². The summed E-state index contributed by atoms with van der Waals surface area (Å²) in [5.74, 6) is 0.594. The van der Waals surface area contributed by atoms with E-state index in [1.165, 1.54) is 4.31 Å². The molecule has 1 aliphatic rings. The zero-order chi connectivity index (χ0) is 12.6. The van der Waals surface area contributed by atoms with Crippen LogP contribution >= 0.6 is 0 Å². The summed E-state index contributed by atoms with van der Waals surface area (Å²) in [6.45, 7) is 0.0244. The lowest BCUT2D eigenvalue weighted by molar-refractivity contribution is 0.360. The van der Waals surface area contributed by atoms with Gasteiger partial charge in [-0.2, -0.15) is 0 Å². The fraction of sp³-hybridized carbons (Fsp3) is 0.0769. The predicted octanol–water partition coefficient (Wildman–Crippen LogP) is 2.23. The summed E-state index contributed by atoms with van der Waals surface area (Å²) in [7, 11) is -3.54. The monoisotopic (exact) mass is 261 g/mol. The van der Waals surface area contributed by atoms with Crippen molar-refractivity contribution in [3.05, 3.63) is 54.6 Å². The second-order valence-corrected chi connectivity index (χ2v) is 5.77. The van der Waals surface area contributed by atoms with Crippen LogP contribution in [0.2, 0.25) is 0 Å². The molecule has 92 valence electrons. The van der Waals surface area contributed by atoms with Crippen LogP contribution in [0.3, 0.4) is 0 Å². The molecule has 3 rings (SSSR count). The van der Waals surface area contributed by atoms with Gasteiger partial charge in [-0.05, 0) is 24.3 Å². The van der Waals surface area contributed by atoms with Crippen molar-refractivity contribution in [2.75, 3.05) is 11.0 Å². The van der Waals surface area contributed by atoms with Crippen LogP contribution in [0, 0.1) is 0 Å². The highest BCUT2D eigenvalue weighted by Crippen LogP contribution is 2.36. The van der Waals surface area contributed by atoms with Crippen LogP contribution in [-0.4, -0.2) is 15.1 Å². The van der Waals surface area contributed by atoms with E-state index in [0.29, 0.717) is 11.4 Å². The van der Waals surface area contributed by atoms with Crippen molar-refractivity contribution >= 4 is 15.7 Å². The second-order valence-electron chi connectivity index (χ2n) is 3.91. The molecule has 0 unspecified atom stereocenters. The number of fused-ring (bicyclic) bond motifs is 1. The van der Waals surface area contributed by atoms with Crippen LogP contribution in [0.5, 0.6) is 5.75 Å². The lowest BCUT2D eigenvalue weighted by Gasteiger charge is -2.16. The standard InChI is InChI=1S/C13H11NO3S/c15-18(16,11-6-2-1-3-7-11)14-10-17-13-9-5-4-8-12(13)14/h1-9H,10H2. The van der Waals surface area contributed by atoms with Crippen LogP contribution in [-0.2, 0) is 10.0 Å². The van der Waals surface area contributed by atoms with Gasteiger partial charge in [-0.3, -0.25) is 0 Å². The second kappa shape index (κ2) is 4.03. The smallest absolute Gasteiger partial charge is 0.267 e. The van der Waals surface area contributed by atoms with Crippen molar-refractivity contribution in [2.45, 2.75) is 4.90 Å². The van der Waals surface area contributed by atoms with E-state index in [0.717, 1.165) is 0 Å². The number of benzene rings is 2. The van der Waals surface area contributed by atoms with E-state index >= 15 is 0 Å². The third-order valence-electron chi connectivity index (χ3n) is 2.80. The van der Waals surface area contributed by atoms with E-state index in [2.05, 4.69) is 0 Å². The molecule has 0 radical (unpaired) electrons. The van der Waals surface area contributed by atoms with E-state index < -0.39 is 10.0 Å². The number of anilines is 1. The van der Waals surface area contributed by atoms with Gasteiger partial charge in [-0.15, -0.1) is 0 Å². The molecular weight excluding hydrogens is 250 g/mol. The van der Waals surface area contributed by atoms with Crippen LogP contribution in [0.25, 0.3) is 0 Å². The minimum Gasteiger partial charge on any atom is -0.470 e. The zero-order valence-corrected chi connectivity index (χ0v) is 10.3. The number of hydrogen-bond acceptors (Lipinski definition) is 3. The first-order chi connectivity index (χ1) is 8.69. The molecule has 0 fully saturated rings. The van der Waals surface area contributed by atoms with E-state index in [1.807, 2.05) is 6.07 Å². The minimum atomic E-state index is -3.54. The Morgan fingerprint density at radius 1 is 0.944 bits per heavy atom. The number of nitrogens with zero attached hydrogens (tertiary/aromatic N) is 1. The Kier molecular flexibility index (Phi) is 2.48. The largest absolute Gasteiger partial charge is 0.470 e. The van der Waals surface area contributed by atoms with Gasteiger partial charge in [0.2, 0.25) is 0 Å². The number of para-hydroxylation sites is 2. The normalized spacial score (nSPS) is 14.1. The molecule has 0 aromatic heterocycles. The molecule has 0 saturated carbocycles. The Bertz CT molecular complexity index is 668. The molecule has 2 aromatic carbocycles. The lowest BCUT2D eigenvalue weighted by Crippen LogP contribution is -2.30. The molecule has 1 heterocycles. The molecule has 1 aliphatic heterocycles. The van der Waals surface area contributed by atoms with E-state index in [4.69, 9.17) is 4.74 Å². The molecule has 0 amide bonds. The van der Waals surface area contributed by atoms with Crippen molar-refractivity contribution in [1.82, 2.24) is 0 Å². The average Bonchev–Trinajstić information content (AvgIpc) is 2.84. The van der Waals surface area contributed by atoms with Crippen molar-refractivity contribution in [3.8, 4) is 5.75 Å². The highest BCUT2D eigenvalue weighted by Gasteiger charge is 2.31. The van der Waals surface area contributed by atoms with Crippen LogP contribution in [0.4, 0.5) is 5.69 Å². The average molecular weight is 261 g/mol. The Morgan fingerprint density at radius 2 is 1.61 bits per heavy atom. The number of rotatable bonds is 2. The molecule has 18 heavy (non-hydrogen) atoms. The van der Waals surface area contributed by atoms with Crippen molar-refractivity contribution in [2.24, 2.45) is 0 Å². The zero-order valence-electron chi connectivity index (χ0n) is 9.48. The van der Waals surface area contributed by atoms with Gasteiger partial charge >= 0.3 is 0 Å². The maximum absolute atomic E-state index is 12.4. The van der Waals surface area contributed by atoms with Gasteiger partial charge in [-0.25, -0.2) is 12.7 Å². The Hall–Kier alpha value is -2.01. The Morgan fingerprint density at radius 3 is 2.39 bits per heavy atom. The molecule has 0 N–H and O–H groups in total. The van der Waals surface area contributed by atoms with E-state index in [9.17, 15) is 8.42 Å². The summed E-state index contributed by atoms with van der Waals surface area (Å²) >= 11 is 0. The van der Waals surface area contributed by atoms with Gasteiger partial charge in [0.05, 0.1) is 10.6 Å². The maximum Gasteiger partial charge on any atom is 0.267 e. The van der Waals surface area contributed by atoms with Gasteiger partial charge in [0, 0.05) is 0 Å². The van der Waals surface area contributed by atoms with Crippen LogP contribution in [0.1, 0.15) is 0 Å². The summed E-state index contributed by atoms with van der Waals surface area (Å²) < 4.78 is 31.5. The van der Waals surface area contributed by atoms with Gasteiger partial charge in [0.25, 0.3) is 10.0 Å². The molecule has 5 heteroatoms. The first kappa shape index (κ1) is 11.1. The van der Waals surface area contributed by atoms with Crippen molar-refractivity contribution < 1.29 is 13.2 Å². The lowest BCUT2D eigenvalue weighted by atomic mass is 10.3. The first-order valence-electron chi connectivity index (χ1n) is 5.49. The quantitative estimate of drug-likeness (QED) is 0.832. The topological polar surface area (TPSA) is 46.6 Å². The Balaban J connectivity index is 2.08.